The predicted molar refractivity (Wildman–Crippen MR) is 67.9 cm³/mol. The Morgan fingerprint density at radius 3 is 2.65 bits per heavy atom. The number of amides is 3. The van der Waals surface area contributed by atoms with Crippen molar-refractivity contribution in [3.8, 4) is 0 Å². The van der Waals surface area contributed by atoms with Crippen molar-refractivity contribution in [3.63, 3.8) is 0 Å². The van der Waals surface area contributed by atoms with Crippen molar-refractivity contribution >= 4 is 17.9 Å². The molecule has 2 aliphatic heterocycles. The SMILES string of the molecule is CC1(C)C(=O)NCCN1C(=O)N1C[C@H](O)C[C@H]1C(=O)O. The molecule has 0 spiro atoms. The quantitative estimate of drug-likeness (QED) is 0.562. The molecule has 8 nitrogen and oxygen atoms in total. The number of aliphatic hydroxyl groups is 1. The van der Waals surface area contributed by atoms with E-state index in [-0.39, 0.29) is 18.9 Å². The minimum absolute atomic E-state index is 0.0154. The standard InChI is InChI=1S/C12H19N3O5/c1-12(2)10(19)13-3-4-15(12)11(20)14-6-7(16)5-8(14)9(17)18/h7-8,16H,3-6H2,1-2H3,(H,13,19)(H,17,18)/t7-,8+/m1/s1. The van der Waals surface area contributed by atoms with E-state index in [1.165, 1.54) is 4.90 Å². The summed E-state index contributed by atoms with van der Waals surface area (Å²) in [6.07, 6.45) is -0.830. The van der Waals surface area contributed by atoms with Gasteiger partial charge in [0.2, 0.25) is 5.91 Å². The highest BCUT2D eigenvalue weighted by Gasteiger charge is 2.46. The molecule has 20 heavy (non-hydrogen) atoms. The summed E-state index contributed by atoms with van der Waals surface area (Å²) >= 11 is 0. The third kappa shape index (κ3) is 2.31. The topological polar surface area (TPSA) is 110 Å². The van der Waals surface area contributed by atoms with Gasteiger partial charge < -0.3 is 25.3 Å². The number of carboxylic acid groups (broad SMARTS) is 1. The highest BCUT2D eigenvalue weighted by atomic mass is 16.4. The van der Waals surface area contributed by atoms with Crippen molar-refractivity contribution in [1.29, 1.82) is 0 Å². The number of piperazine rings is 1. The van der Waals surface area contributed by atoms with Crippen LogP contribution >= 0.6 is 0 Å². The van der Waals surface area contributed by atoms with Crippen molar-refractivity contribution in [1.82, 2.24) is 15.1 Å². The van der Waals surface area contributed by atoms with Gasteiger partial charge in [0.1, 0.15) is 11.6 Å². The third-order valence-corrected chi connectivity index (χ3v) is 3.89. The van der Waals surface area contributed by atoms with Gasteiger partial charge in [0.25, 0.3) is 0 Å². The number of hydrogen-bond acceptors (Lipinski definition) is 4. The summed E-state index contributed by atoms with van der Waals surface area (Å²) in [5, 5.41) is 21.4. The second-order valence-corrected chi connectivity index (χ2v) is 5.65. The van der Waals surface area contributed by atoms with Gasteiger partial charge in [-0.25, -0.2) is 9.59 Å². The summed E-state index contributed by atoms with van der Waals surface area (Å²) in [6, 6.07) is -1.56. The number of β-amino-alcohol motifs (C(OH)–C–C–N with tert-alkyl or cyclic N) is 1. The molecule has 0 radical (unpaired) electrons. The fourth-order valence-electron chi connectivity index (χ4n) is 2.65. The molecule has 0 unspecified atom stereocenters. The highest BCUT2D eigenvalue weighted by Crippen LogP contribution is 2.25. The second kappa shape index (κ2) is 4.93. The maximum atomic E-state index is 12.5. The van der Waals surface area contributed by atoms with Gasteiger partial charge in [-0.2, -0.15) is 0 Å². The Morgan fingerprint density at radius 1 is 1.40 bits per heavy atom. The molecule has 3 N–H and O–H groups in total. The van der Waals surface area contributed by atoms with E-state index in [0.29, 0.717) is 13.1 Å². The molecule has 0 aromatic carbocycles. The molecule has 2 fully saturated rings. The number of likely N-dealkylation sites (tertiary alicyclic amines) is 1. The molecule has 2 aliphatic rings. The first-order chi connectivity index (χ1) is 9.25. The molecule has 0 bridgehead atoms. The molecule has 0 aromatic heterocycles. The van der Waals surface area contributed by atoms with Gasteiger partial charge in [0, 0.05) is 26.1 Å². The van der Waals surface area contributed by atoms with Crippen LogP contribution in [0.25, 0.3) is 0 Å². The summed E-state index contributed by atoms with van der Waals surface area (Å²) in [7, 11) is 0. The van der Waals surface area contributed by atoms with Crippen molar-refractivity contribution in [3.05, 3.63) is 0 Å². The minimum Gasteiger partial charge on any atom is -0.480 e. The molecule has 8 heteroatoms. The van der Waals surface area contributed by atoms with E-state index in [9.17, 15) is 19.5 Å². The average Bonchev–Trinajstić information content (AvgIpc) is 2.74. The summed E-state index contributed by atoms with van der Waals surface area (Å²) in [5.41, 5.74) is -1.04. The molecule has 0 saturated carbocycles. The van der Waals surface area contributed by atoms with Crippen molar-refractivity contribution < 1.29 is 24.6 Å². The van der Waals surface area contributed by atoms with Gasteiger partial charge in [-0.3, -0.25) is 4.79 Å². The first-order valence-electron chi connectivity index (χ1n) is 6.52. The number of hydrogen-bond donors (Lipinski definition) is 3. The van der Waals surface area contributed by atoms with Crippen LogP contribution < -0.4 is 5.32 Å². The van der Waals surface area contributed by atoms with Crippen LogP contribution in [0.1, 0.15) is 20.3 Å². The number of rotatable bonds is 1. The van der Waals surface area contributed by atoms with Gasteiger partial charge in [-0.1, -0.05) is 0 Å². The zero-order valence-electron chi connectivity index (χ0n) is 11.5. The number of nitrogens with zero attached hydrogens (tertiary/aromatic N) is 2. The molecule has 112 valence electrons. The fraction of sp³-hybridized carbons (Fsp3) is 0.750. The molecule has 0 aliphatic carbocycles. The van der Waals surface area contributed by atoms with Crippen LogP contribution in [0, 0.1) is 0 Å². The van der Waals surface area contributed by atoms with E-state index >= 15 is 0 Å². The largest absolute Gasteiger partial charge is 0.480 e. The summed E-state index contributed by atoms with van der Waals surface area (Å²) in [4.78, 5) is 38.0. The van der Waals surface area contributed by atoms with Crippen molar-refractivity contribution in [2.45, 2.75) is 38.0 Å². The number of carboxylic acids is 1. The highest BCUT2D eigenvalue weighted by molar-refractivity contribution is 5.92. The lowest BCUT2D eigenvalue weighted by Gasteiger charge is -2.43. The molecule has 3 amide bonds. The number of aliphatic carboxylic acids is 1. The Hall–Kier alpha value is -1.83. The number of carbonyl (C=O) groups excluding carboxylic acids is 2. The molecule has 2 atom stereocenters. The minimum atomic E-state index is -1.14. The Kier molecular flexibility index (Phi) is 3.59. The number of carbonyl (C=O) groups is 3. The van der Waals surface area contributed by atoms with Gasteiger partial charge in [-0.15, -0.1) is 0 Å². The maximum absolute atomic E-state index is 12.5. The third-order valence-electron chi connectivity index (χ3n) is 3.89. The molecular weight excluding hydrogens is 266 g/mol. The van der Waals surface area contributed by atoms with Crippen LogP contribution in [0.15, 0.2) is 0 Å². The Labute approximate surface area is 116 Å². The molecule has 2 rings (SSSR count). The van der Waals surface area contributed by atoms with E-state index < -0.39 is 29.7 Å². The van der Waals surface area contributed by atoms with Gasteiger partial charge in [-0.05, 0) is 13.8 Å². The first-order valence-corrected chi connectivity index (χ1v) is 6.52. The summed E-state index contributed by atoms with van der Waals surface area (Å²) in [6.45, 7) is 3.85. The normalized spacial score (nSPS) is 29.2. The van der Waals surface area contributed by atoms with Crippen LogP contribution in [0.5, 0.6) is 0 Å². The zero-order chi connectivity index (χ0) is 15.1. The van der Waals surface area contributed by atoms with E-state index in [2.05, 4.69) is 5.32 Å². The lowest BCUT2D eigenvalue weighted by Crippen LogP contribution is -2.66. The lowest BCUT2D eigenvalue weighted by molar-refractivity contribution is -0.141. The Bertz CT molecular complexity index is 450. The first kappa shape index (κ1) is 14.6. The molecule has 2 heterocycles. The summed E-state index contributed by atoms with van der Waals surface area (Å²) in [5.74, 6) is -1.42. The van der Waals surface area contributed by atoms with E-state index in [4.69, 9.17) is 5.11 Å². The number of urea groups is 1. The smallest absolute Gasteiger partial charge is 0.326 e. The van der Waals surface area contributed by atoms with Gasteiger partial charge in [0.15, 0.2) is 0 Å². The van der Waals surface area contributed by atoms with Crippen molar-refractivity contribution in [2.75, 3.05) is 19.6 Å². The van der Waals surface area contributed by atoms with Crippen LogP contribution in [-0.2, 0) is 9.59 Å². The van der Waals surface area contributed by atoms with Crippen LogP contribution in [0.4, 0.5) is 4.79 Å². The van der Waals surface area contributed by atoms with Crippen molar-refractivity contribution in [2.24, 2.45) is 0 Å². The Morgan fingerprint density at radius 2 is 2.05 bits per heavy atom. The monoisotopic (exact) mass is 285 g/mol. The van der Waals surface area contributed by atoms with E-state index in [0.717, 1.165) is 4.90 Å². The molecule has 0 aromatic rings. The van der Waals surface area contributed by atoms with Gasteiger partial charge in [0.05, 0.1) is 6.10 Å². The van der Waals surface area contributed by atoms with E-state index in [1.807, 2.05) is 0 Å². The van der Waals surface area contributed by atoms with Crippen LogP contribution in [0.2, 0.25) is 0 Å². The van der Waals surface area contributed by atoms with Crippen LogP contribution in [0.3, 0.4) is 0 Å². The number of nitrogens with one attached hydrogen (secondary N) is 1. The predicted octanol–water partition coefficient (Wildman–Crippen LogP) is -1.16. The fourth-order valence-corrected chi connectivity index (χ4v) is 2.65. The zero-order valence-corrected chi connectivity index (χ0v) is 11.5. The van der Waals surface area contributed by atoms with E-state index in [1.54, 1.807) is 13.8 Å². The molecular formula is C12H19N3O5. The maximum Gasteiger partial charge on any atom is 0.326 e. The van der Waals surface area contributed by atoms with Crippen LogP contribution in [-0.4, -0.2) is 75.2 Å². The summed E-state index contributed by atoms with van der Waals surface area (Å²) < 4.78 is 0. The lowest BCUT2D eigenvalue weighted by atomic mass is 9.99. The molecule has 2 saturated heterocycles. The average molecular weight is 285 g/mol. The Balaban J connectivity index is 2.22. The second-order valence-electron chi connectivity index (χ2n) is 5.65. The van der Waals surface area contributed by atoms with Gasteiger partial charge >= 0.3 is 12.0 Å². The number of aliphatic hydroxyl groups excluding tert-OH is 1.